The van der Waals surface area contributed by atoms with E-state index in [4.69, 9.17) is 9.47 Å². The zero-order valence-corrected chi connectivity index (χ0v) is 19.8. The van der Waals surface area contributed by atoms with E-state index < -0.39 is 47.6 Å². The number of esters is 1. The molecular weight excluding hydrogens is 437 g/mol. The molecule has 0 bridgehead atoms. The molecule has 2 unspecified atom stereocenters. The maximum Gasteiger partial charge on any atom is 0.420 e. The van der Waals surface area contributed by atoms with E-state index in [1.54, 1.807) is 41.5 Å². The SMILES string of the molecule is CC(C)(C)OC(=O)N(S)CC1CCC(COC(=O)C(C)(C)C)N(C(=O)CC(F)(F)F)C1. The number of carbonyl (C=O) groups is 3. The summed E-state index contributed by atoms with van der Waals surface area (Å²) in [6.07, 6.45) is -6.07. The lowest BCUT2D eigenvalue weighted by molar-refractivity contribution is -0.169. The minimum absolute atomic E-state index is 0.00743. The minimum atomic E-state index is -4.65. The van der Waals surface area contributed by atoms with Crippen molar-refractivity contribution in [2.45, 2.75) is 78.6 Å². The molecule has 1 aliphatic heterocycles. The molecule has 0 N–H and O–H groups in total. The number of likely N-dealkylation sites (tertiary alicyclic amines) is 1. The van der Waals surface area contributed by atoms with E-state index in [1.165, 1.54) is 0 Å². The molecule has 7 nitrogen and oxygen atoms in total. The first-order valence-corrected chi connectivity index (χ1v) is 10.5. The molecule has 1 heterocycles. The molecule has 11 heteroatoms. The fourth-order valence-electron chi connectivity index (χ4n) is 3.03. The van der Waals surface area contributed by atoms with Gasteiger partial charge in [0.2, 0.25) is 5.91 Å². The van der Waals surface area contributed by atoms with Crippen LogP contribution in [0, 0.1) is 11.3 Å². The number of thiol groups is 1. The van der Waals surface area contributed by atoms with Gasteiger partial charge >= 0.3 is 18.2 Å². The van der Waals surface area contributed by atoms with Crippen molar-refractivity contribution in [3.63, 3.8) is 0 Å². The highest BCUT2D eigenvalue weighted by Gasteiger charge is 2.39. The van der Waals surface area contributed by atoms with Gasteiger partial charge in [-0.25, -0.2) is 4.79 Å². The van der Waals surface area contributed by atoms with Crippen molar-refractivity contribution in [3.05, 3.63) is 0 Å². The van der Waals surface area contributed by atoms with Crippen LogP contribution >= 0.6 is 12.8 Å². The quantitative estimate of drug-likeness (QED) is 0.481. The fraction of sp³-hybridized carbons (Fsp3) is 0.850. The molecule has 1 rings (SSSR count). The number of rotatable bonds is 5. The zero-order chi connectivity index (χ0) is 24.2. The fourth-order valence-corrected chi connectivity index (χ4v) is 3.30. The largest absolute Gasteiger partial charge is 0.463 e. The second kappa shape index (κ2) is 10.3. The van der Waals surface area contributed by atoms with Crippen molar-refractivity contribution in [2.75, 3.05) is 19.7 Å². The van der Waals surface area contributed by atoms with Gasteiger partial charge in [-0.05, 0) is 60.3 Å². The van der Waals surface area contributed by atoms with Crippen LogP contribution in [-0.2, 0) is 19.1 Å². The second-order valence-electron chi connectivity index (χ2n) is 9.85. The van der Waals surface area contributed by atoms with Gasteiger partial charge in [-0.2, -0.15) is 13.2 Å². The third-order valence-electron chi connectivity index (χ3n) is 4.53. The Hall–Kier alpha value is -1.65. The molecule has 0 aliphatic carbocycles. The molecule has 0 saturated carbocycles. The Balaban J connectivity index is 2.85. The van der Waals surface area contributed by atoms with E-state index in [-0.39, 0.29) is 25.6 Å². The number of piperidine rings is 1. The van der Waals surface area contributed by atoms with Crippen LogP contribution in [-0.4, -0.2) is 64.7 Å². The van der Waals surface area contributed by atoms with Gasteiger partial charge in [-0.1, -0.05) is 12.8 Å². The number of hydrogen-bond donors (Lipinski definition) is 1. The molecule has 2 amide bonds. The van der Waals surface area contributed by atoms with Crippen molar-refractivity contribution in [2.24, 2.45) is 11.3 Å². The molecule has 1 fully saturated rings. The van der Waals surface area contributed by atoms with Crippen LogP contribution in [0.1, 0.15) is 60.8 Å². The van der Waals surface area contributed by atoms with Crippen LogP contribution in [0.3, 0.4) is 0 Å². The molecule has 1 saturated heterocycles. The van der Waals surface area contributed by atoms with Gasteiger partial charge in [0.1, 0.15) is 18.6 Å². The molecule has 0 radical (unpaired) electrons. The van der Waals surface area contributed by atoms with E-state index in [1.807, 2.05) is 0 Å². The zero-order valence-electron chi connectivity index (χ0n) is 18.9. The maximum atomic E-state index is 12.8. The van der Waals surface area contributed by atoms with Crippen LogP contribution in [0.5, 0.6) is 0 Å². The predicted octanol–water partition coefficient (Wildman–Crippen LogP) is 4.22. The third kappa shape index (κ3) is 10.0. The summed E-state index contributed by atoms with van der Waals surface area (Å²) in [5, 5.41) is 0. The van der Waals surface area contributed by atoms with Gasteiger partial charge in [-0.15, -0.1) is 0 Å². The monoisotopic (exact) mass is 470 g/mol. The molecule has 0 spiro atoms. The summed E-state index contributed by atoms with van der Waals surface area (Å²) in [6.45, 7) is 10.0. The first-order valence-electron chi connectivity index (χ1n) is 10.1. The van der Waals surface area contributed by atoms with E-state index in [0.29, 0.717) is 12.8 Å². The third-order valence-corrected chi connectivity index (χ3v) is 4.86. The number of amides is 2. The predicted molar refractivity (Wildman–Crippen MR) is 111 cm³/mol. The summed E-state index contributed by atoms with van der Waals surface area (Å²) >= 11 is 4.13. The summed E-state index contributed by atoms with van der Waals surface area (Å²) in [5.74, 6) is -1.88. The Morgan fingerprint density at radius 3 is 2.13 bits per heavy atom. The normalized spacial score (nSPS) is 20.3. The Morgan fingerprint density at radius 1 is 1.06 bits per heavy atom. The van der Waals surface area contributed by atoms with Crippen LogP contribution < -0.4 is 0 Å². The molecule has 180 valence electrons. The minimum Gasteiger partial charge on any atom is -0.463 e. The number of hydrogen-bond acceptors (Lipinski definition) is 6. The van der Waals surface area contributed by atoms with Gasteiger partial charge < -0.3 is 14.4 Å². The molecule has 31 heavy (non-hydrogen) atoms. The maximum absolute atomic E-state index is 12.8. The van der Waals surface area contributed by atoms with Crippen molar-refractivity contribution >= 4 is 30.8 Å². The van der Waals surface area contributed by atoms with E-state index in [0.717, 1.165) is 9.21 Å². The van der Waals surface area contributed by atoms with Crippen molar-refractivity contribution < 1.29 is 37.0 Å². The van der Waals surface area contributed by atoms with Gasteiger partial charge in [-0.3, -0.25) is 13.9 Å². The van der Waals surface area contributed by atoms with Crippen LogP contribution in [0.15, 0.2) is 0 Å². The summed E-state index contributed by atoms with van der Waals surface area (Å²) in [5.41, 5.74) is -1.49. The molecule has 0 aromatic carbocycles. The summed E-state index contributed by atoms with van der Waals surface area (Å²) in [7, 11) is 0. The standard InChI is InChI=1S/C20H33F3N2O5S/c1-18(2,3)16(27)29-12-14-8-7-13(10-24(14)15(26)9-20(21,22)23)11-25(31)17(28)30-19(4,5)6/h13-14,31H,7-12H2,1-6H3. The first kappa shape index (κ1) is 27.4. The average Bonchev–Trinajstić information content (AvgIpc) is 2.56. The van der Waals surface area contributed by atoms with Crippen LogP contribution in [0.25, 0.3) is 0 Å². The highest BCUT2D eigenvalue weighted by Crippen LogP contribution is 2.29. The van der Waals surface area contributed by atoms with Crippen molar-refractivity contribution in [1.82, 2.24) is 9.21 Å². The van der Waals surface area contributed by atoms with E-state index in [2.05, 4.69) is 12.8 Å². The number of alkyl halides is 3. The number of nitrogens with zero attached hydrogens (tertiary/aromatic N) is 2. The molecule has 2 atom stereocenters. The summed E-state index contributed by atoms with van der Waals surface area (Å²) < 4.78 is 50.0. The van der Waals surface area contributed by atoms with Crippen LogP contribution in [0.2, 0.25) is 0 Å². The number of halogens is 3. The first-order chi connectivity index (χ1) is 13.9. The Labute approximate surface area is 187 Å². The van der Waals surface area contributed by atoms with Gasteiger partial charge in [0.15, 0.2) is 0 Å². The van der Waals surface area contributed by atoms with Gasteiger partial charge in [0.05, 0.1) is 11.5 Å². The van der Waals surface area contributed by atoms with Gasteiger partial charge in [0, 0.05) is 13.1 Å². The lowest BCUT2D eigenvalue weighted by Gasteiger charge is -2.40. The lowest BCUT2D eigenvalue weighted by Crippen LogP contribution is -2.52. The van der Waals surface area contributed by atoms with Gasteiger partial charge in [0.25, 0.3) is 0 Å². The molecule has 0 aromatic rings. The topological polar surface area (TPSA) is 76.2 Å². The van der Waals surface area contributed by atoms with E-state index in [9.17, 15) is 27.6 Å². The summed E-state index contributed by atoms with van der Waals surface area (Å²) in [6, 6.07) is -0.660. The van der Waals surface area contributed by atoms with Crippen LogP contribution in [0.4, 0.5) is 18.0 Å². The van der Waals surface area contributed by atoms with Crippen molar-refractivity contribution in [1.29, 1.82) is 0 Å². The lowest BCUT2D eigenvalue weighted by atomic mass is 9.92. The highest BCUT2D eigenvalue weighted by atomic mass is 32.1. The summed E-state index contributed by atoms with van der Waals surface area (Å²) in [4.78, 5) is 37.6. The highest BCUT2D eigenvalue weighted by molar-refractivity contribution is 7.78. The van der Waals surface area contributed by atoms with E-state index >= 15 is 0 Å². The Bertz CT molecular complexity index is 659. The molecular formula is C20H33F3N2O5S. The number of carbonyl (C=O) groups excluding carboxylic acids is 3. The Morgan fingerprint density at radius 2 is 1.65 bits per heavy atom. The van der Waals surface area contributed by atoms with Crippen molar-refractivity contribution in [3.8, 4) is 0 Å². The molecule has 1 aliphatic rings. The number of ether oxygens (including phenoxy) is 2. The Kier molecular flexibility index (Phi) is 9.11. The average molecular weight is 471 g/mol. The molecule has 0 aromatic heterocycles. The second-order valence-corrected chi connectivity index (χ2v) is 10.3. The smallest absolute Gasteiger partial charge is 0.420 e.